The van der Waals surface area contributed by atoms with Crippen LogP contribution >= 0.6 is 24.0 Å². The van der Waals surface area contributed by atoms with E-state index in [1.807, 2.05) is 6.92 Å². The third-order valence-electron chi connectivity index (χ3n) is 5.93. The second-order valence-electron chi connectivity index (χ2n) is 7.94. The summed E-state index contributed by atoms with van der Waals surface area (Å²) in [6.07, 6.45) is 1.94. The maximum atomic E-state index is 5.67. The van der Waals surface area contributed by atoms with Gasteiger partial charge in [-0.25, -0.2) is 0 Å². The molecule has 0 atom stereocenters. The van der Waals surface area contributed by atoms with Gasteiger partial charge in [0.05, 0.1) is 13.7 Å². The van der Waals surface area contributed by atoms with Gasteiger partial charge in [0.15, 0.2) is 5.96 Å². The van der Waals surface area contributed by atoms with Crippen LogP contribution in [0.2, 0.25) is 0 Å². The van der Waals surface area contributed by atoms with Gasteiger partial charge in [-0.3, -0.25) is 4.99 Å². The summed E-state index contributed by atoms with van der Waals surface area (Å²) in [6, 6.07) is 14.7. The van der Waals surface area contributed by atoms with Crippen LogP contribution in [0.5, 0.6) is 11.5 Å². The van der Waals surface area contributed by atoms with E-state index in [2.05, 4.69) is 65.0 Å². The van der Waals surface area contributed by atoms with Crippen molar-refractivity contribution in [2.45, 2.75) is 38.6 Å². The smallest absolute Gasteiger partial charge is 0.191 e. The number of halogens is 1. The fraction of sp³-hybridized carbons (Fsp3) is 0.480. The van der Waals surface area contributed by atoms with Crippen molar-refractivity contribution < 1.29 is 14.2 Å². The van der Waals surface area contributed by atoms with Crippen molar-refractivity contribution in [1.29, 1.82) is 0 Å². The molecule has 0 aromatic heterocycles. The first-order chi connectivity index (χ1) is 15.1. The molecule has 2 N–H and O–H groups in total. The van der Waals surface area contributed by atoms with Gasteiger partial charge in [0, 0.05) is 44.3 Å². The van der Waals surface area contributed by atoms with Crippen LogP contribution in [-0.4, -0.2) is 46.5 Å². The minimum atomic E-state index is 0. The second kappa shape index (κ2) is 12.9. The molecular formula is C25H36IN3O3. The molecule has 0 bridgehead atoms. The van der Waals surface area contributed by atoms with E-state index in [0.717, 1.165) is 55.6 Å². The number of guanidine groups is 1. The third kappa shape index (κ3) is 6.75. The molecule has 1 saturated heterocycles. The summed E-state index contributed by atoms with van der Waals surface area (Å²) in [5.41, 5.74) is 3.59. The number of ether oxygens (including phenoxy) is 3. The van der Waals surface area contributed by atoms with Crippen LogP contribution in [-0.2, 0) is 16.7 Å². The van der Waals surface area contributed by atoms with Crippen molar-refractivity contribution in [3.05, 3.63) is 59.2 Å². The third-order valence-corrected chi connectivity index (χ3v) is 5.93. The van der Waals surface area contributed by atoms with Gasteiger partial charge in [0.2, 0.25) is 0 Å². The number of aliphatic imine (C=N–C) groups is 1. The Bertz CT molecular complexity index is 865. The quantitative estimate of drug-likeness (QED) is 0.288. The lowest BCUT2D eigenvalue weighted by Crippen LogP contribution is -2.47. The van der Waals surface area contributed by atoms with Gasteiger partial charge in [-0.05, 0) is 56.0 Å². The number of aryl methyl sites for hydroxylation is 1. The molecule has 1 aliphatic heterocycles. The van der Waals surface area contributed by atoms with Crippen molar-refractivity contribution in [3.63, 3.8) is 0 Å². The minimum Gasteiger partial charge on any atom is -0.496 e. The highest BCUT2D eigenvalue weighted by molar-refractivity contribution is 14.0. The molecule has 0 spiro atoms. The van der Waals surface area contributed by atoms with Crippen LogP contribution in [0, 0.1) is 6.92 Å². The molecule has 6 nitrogen and oxygen atoms in total. The molecule has 0 saturated carbocycles. The number of hydrogen-bond donors (Lipinski definition) is 2. The predicted octanol–water partition coefficient (Wildman–Crippen LogP) is 4.43. The number of benzene rings is 2. The zero-order valence-corrected chi connectivity index (χ0v) is 21.9. The standard InChI is InChI=1S/C25H35N3O3.HI/c1-5-31-22-10-8-21(9-11-22)25(12-14-30-15-13-25)18-28-24(26-3)27-17-20-7-6-19(2)16-23(20)29-4;/h6-11,16H,5,12-15,17-18H2,1-4H3,(H2,26,27,28);1H. The largest absolute Gasteiger partial charge is 0.496 e. The van der Waals surface area contributed by atoms with Gasteiger partial charge in [0.25, 0.3) is 0 Å². The Morgan fingerprint density at radius 2 is 1.81 bits per heavy atom. The average Bonchev–Trinajstić information content (AvgIpc) is 2.81. The lowest BCUT2D eigenvalue weighted by molar-refractivity contribution is 0.0513. The van der Waals surface area contributed by atoms with Crippen LogP contribution in [0.1, 0.15) is 36.5 Å². The number of rotatable bonds is 8. The van der Waals surface area contributed by atoms with Gasteiger partial charge >= 0.3 is 0 Å². The molecule has 0 aliphatic carbocycles. The maximum absolute atomic E-state index is 5.67. The fourth-order valence-electron chi connectivity index (χ4n) is 4.05. The van der Waals surface area contributed by atoms with Crippen LogP contribution in [0.25, 0.3) is 0 Å². The Kier molecular flexibility index (Phi) is 10.6. The molecule has 0 radical (unpaired) electrons. The van der Waals surface area contributed by atoms with Crippen molar-refractivity contribution >= 4 is 29.9 Å². The summed E-state index contributed by atoms with van der Waals surface area (Å²) in [5, 5.41) is 6.97. The molecule has 2 aromatic carbocycles. The van der Waals surface area contributed by atoms with E-state index in [-0.39, 0.29) is 29.4 Å². The minimum absolute atomic E-state index is 0. The van der Waals surface area contributed by atoms with Crippen LogP contribution in [0.3, 0.4) is 0 Å². The molecule has 7 heteroatoms. The Labute approximate surface area is 209 Å². The molecule has 176 valence electrons. The number of methoxy groups -OCH3 is 1. The normalized spacial score (nSPS) is 15.4. The van der Waals surface area contributed by atoms with E-state index in [0.29, 0.717) is 13.2 Å². The average molecular weight is 553 g/mol. The molecule has 0 amide bonds. The van der Waals surface area contributed by atoms with Crippen LogP contribution in [0.4, 0.5) is 0 Å². The summed E-state index contributed by atoms with van der Waals surface area (Å²) >= 11 is 0. The summed E-state index contributed by atoms with van der Waals surface area (Å²) in [7, 11) is 3.51. The van der Waals surface area contributed by atoms with Crippen LogP contribution in [0.15, 0.2) is 47.5 Å². The lowest BCUT2D eigenvalue weighted by Gasteiger charge is -2.38. The SMILES string of the molecule is CCOc1ccc(C2(CNC(=NC)NCc3ccc(C)cc3OC)CCOCC2)cc1.I. The highest BCUT2D eigenvalue weighted by atomic mass is 127. The first kappa shape index (κ1) is 26.3. The first-order valence-electron chi connectivity index (χ1n) is 11.0. The second-order valence-corrected chi connectivity index (χ2v) is 7.94. The van der Waals surface area contributed by atoms with E-state index in [4.69, 9.17) is 14.2 Å². The van der Waals surface area contributed by atoms with Crippen molar-refractivity contribution in [2.75, 3.05) is 40.5 Å². The predicted molar refractivity (Wildman–Crippen MR) is 141 cm³/mol. The van der Waals surface area contributed by atoms with E-state index < -0.39 is 0 Å². The molecule has 32 heavy (non-hydrogen) atoms. The maximum Gasteiger partial charge on any atom is 0.191 e. The molecule has 1 fully saturated rings. The highest BCUT2D eigenvalue weighted by Crippen LogP contribution is 2.35. The topological polar surface area (TPSA) is 64.1 Å². The Hall–Kier alpha value is -2.00. The Balaban J connectivity index is 0.00000363. The van der Waals surface area contributed by atoms with Gasteiger partial charge < -0.3 is 24.8 Å². The number of nitrogens with zero attached hydrogens (tertiary/aromatic N) is 1. The summed E-state index contributed by atoms with van der Waals surface area (Å²) < 4.78 is 16.8. The molecule has 1 heterocycles. The van der Waals surface area contributed by atoms with Gasteiger partial charge in [-0.2, -0.15) is 0 Å². The van der Waals surface area contributed by atoms with Crippen molar-refractivity contribution in [1.82, 2.24) is 10.6 Å². The molecule has 2 aromatic rings. The summed E-state index contributed by atoms with van der Waals surface area (Å²) in [5.74, 6) is 2.57. The number of hydrogen-bond acceptors (Lipinski definition) is 4. The van der Waals surface area contributed by atoms with E-state index in [1.165, 1.54) is 11.1 Å². The monoisotopic (exact) mass is 553 g/mol. The van der Waals surface area contributed by atoms with Crippen LogP contribution < -0.4 is 20.1 Å². The van der Waals surface area contributed by atoms with E-state index >= 15 is 0 Å². The van der Waals surface area contributed by atoms with Crippen molar-refractivity contribution in [2.24, 2.45) is 4.99 Å². The first-order valence-corrected chi connectivity index (χ1v) is 11.0. The van der Waals surface area contributed by atoms with Crippen molar-refractivity contribution in [3.8, 4) is 11.5 Å². The Morgan fingerprint density at radius 3 is 2.44 bits per heavy atom. The molecular weight excluding hydrogens is 517 g/mol. The number of nitrogens with one attached hydrogen (secondary N) is 2. The summed E-state index contributed by atoms with van der Waals surface area (Å²) in [6.45, 7) is 7.70. The molecule has 3 rings (SSSR count). The van der Waals surface area contributed by atoms with Gasteiger partial charge in [-0.15, -0.1) is 24.0 Å². The van der Waals surface area contributed by atoms with Gasteiger partial charge in [0.1, 0.15) is 11.5 Å². The fourth-order valence-corrected chi connectivity index (χ4v) is 4.05. The summed E-state index contributed by atoms with van der Waals surface area (Å²) in [4.78, 5) is 4.43. The van der Waals surface area contributed by atoms with E-state index in [1.54, 1.807) is 14.2 Å². The lowest BCUT2D eigenvalue weighted by atomic mass is 9.74. The zero-order chi connectivity index (χ0) is 22.1. The zero-order valence-electron chi connectivity index (χ0n) is 19.6. The van der Waals surface area contributed by atoms with Gasteiger partial charge in [-0.1, -0.05) is 24.3 Å². The Morgan fingerprint density at radius 1 is 1.09 bits per heavy atom. The van der Waals surface area contributed by atoms with E-state index in [9.17, 15) is 0 Å². The highest BCUT2D eigenvalue weighted by Gasteiger charge is 2.34. The molecule has 0 unspecified atom stereocenters. The molecule has 1 aliphatic rings.